The molecule has 1 saturated heterocycles. The highest BCUT2D eigenvalue weighted by Gasteiger charge is 2.47. The predicted octanol–water partition coefficient (Wildman–Crippen LogP) is 2.32. The number of hydrogen-bond acceptors (Lipinski definition) is 6. The number of ether oxygens (including phenoxy) is 1. The van der Waals surface area contributed by atoms with Crippen molar-refractivity contribution < 1.29 is 9.53 Å². The highest BCUT2D eigenvalue weighted by molar-refractivity contribution is 5.94. The molecule has 4 heterocycles. The summed E-state index contributed by atoms with van der Waals surface area (Å²) in [6, 6.07) is 3.62. The lowest BCUT2D eigenvalue weighted by atomic mass is 9.80. The van der Waals surface area contributed by atoms with Crippen LogP contribution in [0.3, 0.4) is 0 Å². The molecule has 0 aromatic carbocycles. The molecule has 1 N–H and O–H groups in total. The van der Waals surface area contributed by atoms with Gasteiger partial charge in [-0.2, -0.15) is 0 Å². The van der Waals surface area contributed by atoms with Gasteiger partial charge in [-0.1, -0.05) is 0 Å². The number of nitrogens with zero attached hydrogens (tertiary/aromatic N) is 4. The summed E-state index contributed by atoms with van der Waals surface area (Å²) in [5.41, 5.74) is 3.49. The number of nitrogens with one attached hydrogen (secondary N) is 1. The van der Waals surface area contributed by atoms with E-state index in [4.69, 9.17) is 9.72 Å². The van der Waals surface area contributed by atoms with Gasteiger partial charge in [0.2, 0.25) is 5.95 Å². The molecule has 146 valence electrons. The third kappa shape index (κ3) is 3.13. The molecule has 1 saturated carbocycles. The molecule has 7 nitrogen and oxygen atoms in total. The van der Waals surface area contributed by atoms with Crippen molar-refractivity contribution in [3.05, 3.63) is 47.0 Å². The third-order valence-corrected chi connectivity index (χ3v) is 6.14. The van der Waals surface area contributed by atoms with E-state index in [1.54, 1.807) is 18.5 Å². The summed E-state index contributed by atoms with van der Waals surface area (Å²) in [5, 5.41) is 3.41. The van der Waals surface area contributed by atoms with E-state index in [9.17, 15) is 4.79 Å². The van der Waals surface area contributed by atoms with E-state index in [1.165, 1.54) is 12.8 Å². The van der Waals surface area contributed by atoms with Crippen LogP contribution in [0.15, 0.2) is 24.5 Å². The maximum Gasteiger partial charge on any atom is 0.255 e. The number of fused-ring (bicyclic) bond motifs is 2. The summed E-state index contributed by atoms with van der Waals surface area (Å²) in [6.07, 6.45) is 6.75. The van der Waals surface area contributed by atoms with Gasteiger partial charge in [0.05, 0.1) is 29.9 Å². The van der Waals surface area contributed by atoms with E-state index in [-0.39, 0.29) is 11.3 Å². The second-order valence-electron chi connectivity index (χ2n) is 8.28. The van der Waals surface area contributed by atoms with Crippen LogP contribution < -0.4 is 5.32 Å². The van der Waals surface area contributed by atoms with Crippen LogP contribution in [0.5, 0.6) is 0 Å². The zero-order valence-corrected chi connectivity index (χ0v) is 16.1. The lowest BCUT2D eigenvalue weighted by Gasteiger charge is -2.35. The molecule has 1 amide bonds. The van der Waals surface area contributed by atoms with Crippen LogP contribution in [0.4, 0.5) is 5.95 Å². The minimum Gasteiger partial charge on any atom is -0.376 e. The molecule has 1 aliphatic carbocycles. The molecule has 0 unspecified atom stereocenters. The van der Waals surface area contributed by atoms with Gasteiger partial charge in [-0.3, -0.25) is 9.78 Å². The Hall–Kier alpha value is -2.54. The summed E-state index contributed by atoms with van der Waals surface area (Å²) in [5.74, 6) is 1.49. The van der Waals surface area contributed by atoms with E-state index < -0.39 is 0 Å². The molecule has 0 bridgehead atoms. The molecule has 1 atom stereocenters. The molecule has 0 radical (unpaired) electrons. The summed E-state index contributed by atoms with van der Waals surface area (Å²) in [4.78, 5) is 28.5. The van der Waals surface area contributed by atoms with Gasteiger partial charge >= 0.3 is 0 Å². The molecule has 2 aromatic rings. The number of carbonyl (C=O) groups is 1. The minimum atomic E-state index is -0.255. The van der Waals surface area contributed by atoms with E-state index in [2.05, 4.69) is 15.3 Å². The maximum atomic E-state index is 12.9. The van der Waals surface area contributed by atoms with E-state index in [0.29, 0.717) is 37.8 Å². The van der Waals surface area contributed by atoms with Crippen molar-refractivity contribution in [1.82, 2.24) is 19.9 Å². The number of pyridine rings is 1. The Morgan fingerprint density at radius 3 is 3.07 bits per heavy atom. The number of hydrogen-bond donors (Lipinski definition) is 1. The minimum absolute atomic E-state index is 0.0231. The number of amides is 1. The molecule has 3 aliphatic rings. The highest BCUT2D eigenvalue weighted by atomic mass is 16.5. The molecule has 2 aromatic heterocycles. The lowest BCUT2D eigenvalue weighted by Crippen LogP contribution is -2.42. The van der Waals surface area contributed by atoms with Crippen molar-refractivity contribution in [3.8, 4) is 0 Å². The van der Waals surface area contributed by atoms with Gasteiger partial charge in [0.25, 0.3) is 5.91 Å². The first-order valence-corrected chi connectivity index (χ1v) is 10.0. The Morgan fingerprint density at radius 2 is 2.29 bits per heavy atom. The van der Waals surface area contributed by atoms with E-state index in [0.717, 1.165) is 35.8 Å². The summed E-state index contributed by atoms with van der Waals surface area (Å²) in [7, 11) is 0. The zero-order valence-electron chi connectivity index (χ0n) is 16.1. The number of aromatic nitrogens is 3. The molecule has 2 fully saturated rings. The standard InChI is InChI=1S/C21H25N5O2/c1-14-17-11-28-13-21(18(17)25-20(24-14)23-9-15-4-5-15)6-8-26(12-21)19(27)16-3-2-7-22-10-16/h2-3,7,10,15H,4-6,8-9,11-13H2,1H3,(H,23,24,25)/t21-/m0/s1. The van der Waals surface area contributed by atoms with E-state index >= 15 is 0 Å². The zero-order chi connectivity index (χ0) is 19.1. The van der Waals surface area contributed by atoms with Gasteiger partial charge in [0.1, 0.15) is 0 Å². The summed E-state index contributed by atoms with van der Waals surface area (Å²) < 4.78 is 5.95. The Balaban J connectivity index is 1.42. The quantitative estimate of drug-likeness (QED) is 0.878. The van der Waals surface area contributed by atoms with Gasteiger partial charge in [-0.15, -0.1) is 0 Å². The molecular formula is C21H25N5O2. The third-order valence-electron chi connectivity index (χ3n) is 6.14. The van der Waals surface area contributed by atoms with Crippen molar-refractivity contribution in [2.75, 3.05) is 31.6 Å². The van der Waals surface area contributed by atoms with Crippen molar-refractivity contribution in [2.24, 2.45) is 5.92 Å². The topological polar surface area (TPSA) is 80.2 Å². The fraction of sp³-hybridized carbons (Fsp3) is 0.524. The molecule has 2 aliphatic heterocycles. The second-order valence-corrected chi connectivity index (χ2v) is 8.28. The average Bonchev–Trinajstić information content (AvgIpc) is 3.46. The van der Waals surface area contributed by atoms with Crippen molar-refractivity contribution >= 4 is 11.9 Å². The Morgan fingerprint density at radius 1 is 1.39 bits per heavy atom. The first kappa shape index (κ1) is 17.6. The first-order chi connectivity index (χ1) is 13.6. The monoisotopic (exact) mass is 379 g/mol. The largest absolute Gasteiger partial charge is 0.376 e. The molecule has 5 rings (SSSR count). The normalized spacial score (nSPS) is 23.7. The molecular weight excluding hydrogens is 354 g/mol. The first-order valence-electron chi connectivity index (χ1n) is 10.0. The van der Waals surface area contributed by atoms with Crippen LogP contribution in [-0.2, 0) is 16.8 Å². The molecule has 1 spiro atoms. The van der Waals surface area contributed by atoms with E-state index in [1.807, 2.05) is 17.9 Å². The smallest absolute Gasteiger partial charge is 0.255 e. The van der Waals surface area contributed by atoms with Crippen molar-refractivity contribution in [2.45, 2.75) is 38.2 Å². The average molecular weight is 379 g/mol. The van der Waals surface area contributed by atoms with Crippen LogP contribution in [0, 0.1) is 12.8 Å². The van der Waals surface area contributed by atoms with Gasteiger partial charge in [0, 0.05) is 43.3 Å². The van der Waals surface area contributed by atoms with Crippen LogP contribution >= 0.6 is 0 Å². The SMILES string of the molecule is Cc1nc(NCC2CC2)nc2c1COC[C@@]21CCN(C(=O)c2cccnc2)C1. The predicted molar refractivity (Wildman–Crippen MR) is 104 cm³/mol. The van der Waals surface area contributed by atoms with Crippen LogP contribution in [0.25, 0.3) is 0 Å². The van der Waals surface area contributed by atoms with Crippen molar-refractivity contribution in [3.63, 3.8) is 0 Å². The van der Waals surface area contributed by atoms with Crippen LogP contribution in [0.1, 0.15) is 46.6 Å². The number of anilines is 1. The van der Waals surface area contributed by atoms with Gasteiger partial charge in [-0.05, 0) is 44.2 Å². The number of carbonyl (C=O) groups excluding carboxylic acids is 1. The second kappa shape index (κ2) is 6.81. The fourth-order valence-corrected chi connectivity index (χ4v) is 4.29. The number of rotatable bonds is 4. The molecule has 28 heavy (non-hydrogen) atoms. The van der Waals surface area contributed by atoms with Gasteiger partial charge < -0.3 is 15.0 Å². The fourth-order valence-electron chi connectivity index (χ4n) is 4.29. The van der Waals surface area contributed by atoms with Gasteiger partial charge in [-0.25, -0.2) is 9.97 Å². The highest BCUT2D eigenvalue weighted by Crippen LogP contribution is 2.40. The Labute approximate surface area is 164 Å². The van der Waals surface area contributed by atoms with Crippen LogP contribution in [-0.4, -0.2) is 52.0 Å². The maximum absolute atomic E-state index is 12.9. The Kier molecular flexibility index (Phi) is 4.27. The lowest BCUT2D eigenvalue weighted by molar-refractivity contribution is 0.0481. The van der Waals surface area contributed by atoms with Gasteiger partial charge in [0.15, 0.2) is 0 Å². The molecule has 7 heteroatoms. The number of likely N-dealkylation sites (tertiary alicyclic amines) is 1. The summed E-state index contributed by atoms with van der Waals surface area (Å²) in [6.45, 7) is 5.42. The van der Waals surface area contributed by atoms with Crippen molar-refractivity contribution in [1.29, 1.82) is 0 Å². The summed E-state index contributed by atoms with van der Waals surface area (Å²) >= 11 is 0. The number of aryl methyl sites for hydroxylation is 1. The van der Waals surface area contributed by atoms with Crippen LogP contribution in [0.2, 0.25) is 0 Å². The Bertz CT molecular complexity index is 899.